The second kappa shape index (κ2) is 5.64. The lowest BCUT2D eigenvalue weighted by Gasteiger charge is -2.45. The normalized spacial score (nSPS) is 34.1. The summed E-state index contributed by atoms with van der Waals surface area (Å²) in [5, 5.41) is 9.32. The Morgan fingerprint density at radius 1 is 1.25 bits per heavy atom. The van der Waals surface area contributed by atoms with Crippen LogP contribution >= 0.6 is 0 Å². The Morgan fingerprint density at radius 2 is 1.85 bits per heavy atom. The largest absolute Gasteiger partial charge is 0.480 e. The molecule has 3 N–H and O–H groups in total. The van der Waals surface area contributed by atoms with Gasteiger partial charge in [-0.15, -0.1) is 0 Å². The van der Waals surface area contributed by atoms with Crippen molar-refractivity contribution in [1.29, 1.82) is 0 Å². The Balaban J connectivity index is 1.92. The highest BCUT2D eigenvalue weighted by Gasteiger charge is 2.42. The summed E-state index contributed by atoms with van der Waals surface area (Å²) in [6.45, 7) is 9.17. The van der Waals surface area contributed by atoms with Gasteiger partial charge >= 0.3 is 5.97 Å². The van der Waals surface area contributed by atoms with E-state index < -0.39 is 11.5 Å². The van der Waals surface area contributed by atoms with E-state index in [9.17, 15) is 9.90 Å². The lowest BCUT2D eigenvalue weighted by molar-refractivity contribution is -0.145. The molecule has 1 saturated heterocycles. The van der Waals surface area contributed by atoms with Crippen molar-refractivity contribution in [2.24, 2.45) is 17.1 Å². The second-order valence-electron chi connectivity index (χ2n) is 7.89. The molecule has 2 aliphatic rings. The number of nitrogens with zero attached hydrogens (tertiary/aromatic N) is 1. The SMILES string of the molecule is CC(C)(C)C1CCN(C2CCCC(N)(C(=O)O)C2)CC1. The van der Waals surface area contributed by atoms with Gasteiger partial charge in [0.25, 0.3) is 0 Å². The van der Waals surface area contributed by atoms with E-state index in [2.05, 4.69) is 25.7 Å². The van der Waals surface area contributed by atoms with Crippen LogP contribution in [0.25, 0.3) is 0 Å². The minimum atomic E-state index is -0.996. The molecule has 1 aliphatic heterocycles. The average molecular weight is 282 g/mol. The van der Waals surface area contributed by atoms with E-state index in [4.69, 9.17) is 5.73 Å². The van der Waals surface area contributed by atoms with Crippen LogP contribution in [0.15, 0.2) is 0 Å². The van der Waals surface area contributed by atoms with Gasteiger partial charge in [-0.3, -0.25) is 4.79 Å². The third-order valence-electron chi connectivity index (χ3n) is 5.46. The molecular weight excluding hydrogens is 252 g/mol. The smallest absolute Gasteiger partial charge is 0.323 e. The van der Waals surface area contributed by atoms with Gasteiger partial charge < -0.3 is 15.7 Å². The van der Waals surface area contributed by atoms with Gasteiger partial charge in [-0.2, -0.15) is 0 Å². The van der Waals surface area contributed by atoms with Gasteiger partial charge in [-0.25, -0.2) is 0 Å². The molecule has 0 aromatic rings. The van der Waals surface area contributed by atoms with Crippen molar-refractivity contribution >= 4 is 5.97 Å². The number of carboxylic acid groups (broad SMARTS) is 1. The van der Waals surface area contributed by atoms with Crippen LogP contribution in [0.5, 0.6) is 0 Å². The van der Waals surface area contributed by atoms with Crippen LogP contribution in [0.3, 0.4) is 0 Å². The van der Waals surface area contributed by atoms with Gasteiger partial charge in [-0.1, -0.05) is 20.8 Å². The zero-order valence-corrected chi connectivity index (χ0v) is 13.2. The number of aliphatic carboxylic acids is 1. The van der Waals surface area contributed by atoms with E-state index in [1.807, 2.05) is 0 Å². The minimum Gasteiger partial charge on any atom is -0.480 e. The molecule has 2 unspecified atom stereocenters. The number of carbonyl (C=O) groups is 1. The molecule has 116 valence electrons. The lowest BCUT2D eigenvalue weighted by atomic mass is 9.74. The van der Waals surface area contributed by atoms with E-state index in [-0.39, 0.29) is 0 Å². The molecule has 0 radical (unpaired) electrons. The maximum atomic E-state index is 11.3. The minimum absolute atomic E-state index is 0.366. The maximum absolute atomic E-state index is 11.3. The summed E-state index contributed by atoms with van der Waals surface area (Å²) in [6.07, 6.45) is 5.73. The van der Waals surface area contributed by atoms with E-state index >= 15 is 0 Å². The standard InChI is InChI=1S/C16H30N2O2/c1-15(2,3)12-6-9-18(10-7-12)13-5-4-8-16(17,11-13)14(19)20/h12-13H,4-11,17H2,1-3H3,(H,19,20). The number of nitrogens with two attached hydrogens (primary N) is 1. The summed E-state index contributed by atoms with van der Waals surface area (Å²) < 4.78 is 0. The molecule has 1 aliphatic carbocycles. The first kappa shape index (κ1) is 15.8. The topological polar surface area (TPSA) is 66.6 Å². The molecule has 0 amide bonds. The summed E-state index contributed by atoms with van der Waals surface area (Å²) in [5.41, 5.74) is 5.46. The van der Waals surface area contributed by atoms with Crippen molar-refractivity contribution in [2.75, 3.05) is 13.1 Å². The molecule has 0 bridgehead atoms. The van der Waals surface area contributed by atoms with Crippen LogP contribution in [-0.2, 0) is 4.79 Å². The van der Waals surface area contributed by atoms with E-state index in [0.29, 0.717) is 24.3 Å². The van der Waals surface area contributed by atoms with Gasteiger partial charge in [0.15, 0.2) is 0 Å². The molecular formula is C16H30N2O2. The van der Waals surface area contributed by atoms with E-state index in [1.165, 1.54) is 12.8 Å². The first-order chi connectivity index (χ1) is 9.22. The number of hydrogen-bond donors (Lipinski definition) is 2. The van der Waals surface area contributed by atoms with Crippen LogP contribution < -0.4 is 5.73 Å². The Labute approximate surface area is 122 Å². The summed E-state index contributed by atoms with van der Waals surface area (Å²) >= 11 is 0. The quantitative estimate of drug-likeness (QED) is 0.816. The third-order valence-corrected chi connectivity index (χ3v) is 5.46. The van der Waals surface area contributed by atoms with Gasteiger partial charge in [-0.05, 0) is 62.9 Å². The lowest BCUT2D eigenvalue weighted by Crippen LogP contribution is -2.56. The number of hydrogen-bond acceptors (Lipinski definition) is 3. The Bertz CT molecular complexity index is 356. The first-order valence-corrected chi connectivity index (χ1v) is 7.99. The predicted molar refractivity (Wildman–Crippen MR) is 80.6 cm³/mol. The first-order valence-electron chi connectivity index (χ1n) is 7.99. The van der Waals surface area contributed by atoms with E-state index in [1.54, 1.807) is 0 Å². The van der Waals surface area contributed by atoms with Crippen LogP contribution in [0.4, 0.5) is 0 Å². The zero-order valence-electron chi connectivity index (χ0n) is 13.2. The maximum Gasteiger partial charge on any atom is 0.323 e. The molecule has 1 heterocycles. The third kappa shape index (κ3) is 3.34. The highest BCUT2D eigenvalue weighted by Crippen LogP contribution is 2.37. The van der Waals surface area contributed by atoms with Crippen molar-refractivity contribution in [3.05, 3.63) is 0 Å². The Morgan fingerprint density at radius 3 is 2.35 bits per heavy atom. The predicted octanol–water partition coefficient (Wildman–Crippen LogP) is 2.47. The fourth-order valence-corrected chi connectivity index (χ4v) is 3.91. The van der Waals surface area contributed by atoms with Gasteiger partial charge in [0, 0.05) is 6.04 Å². The van der Waals surface area contributed by atoms with Crippen LogP contribution in [0, 0.1) is 11.3 Å². The second-order valence-corrected chi connectivity index (χ2v) is 7.89. The van der Waals surface area contributed by atoms with Gasteiger partial charge in [0.1, 0.15) is 5.54 Å². The van der Waals surface area contributed by atoms with Crippen LogP contribution in [0.1, 0.15) is 59.3 Å². The van der Waals surface area contributed by atoms with Gasteiger partial charge in [0.05, 0.1) is 0 Å². The zero-order chi connectivity index (χ0) is 15.0. The molecule has 2 fully saturated rings. The number of rotatable bonds is 2. The fraction of sp³-hybridized carbons (Fsp3) is 0.938. The van der Waals surface area contributed by atoms with Crippen molar-refractivity contribution in [2.45, 2.75) is 70.9 Å². The summed E-state index contributed by atoms with van der Waals surface area (Å²) in [5.74, 6) is -0.0452. The summed E-state index contributed by atoms with van der Waals surface area (Å²) in [7, 11) is 0. The molecule has 4 heteroatoms. The van der Waals surface area contributed by atoms with Crippen LogP contribution in [0.2, 0.25) is 0 Å². The molecule has 1 saturated carbocycles. The molecule has 2 atom stereocenters. The number of carboxylic acids is 1. The van der Waals surface area contributed by atoms with Crippen molar-refractivity contribution < 1.29 is 9.90 Å². The fourth-order valence-electron chi connectivity index (χ4n) is 3.91. The summed E-state index contributed by atoms with van der Waals surface area (Å²) in [4.78, 5) is 13.8. The van der Waals surface area contributed by atoms with Crippen molar-refractivity contribution in [3.8, 4) is 0 Å². The Hall–Kier alpha value is -0.610. The number of piperidine rings is 1. The highest BCUT2D eigenvalue weighted by atomic mass is 16.4. The van der Waals surface area contributed by atoms with Crippen molar-refractivity contribution in [3.63, 3.8) is 0 Å². The molecule has 20 heavy (non-hydrogen) atoms. The number of likely N-dealkylation sites (tertiary alicyclic amines) is 1. The Kier molecular flexibility index (Phi) is 4.45. The average Bonchev–Trinajstić information content (AvgIpc) is 2.38. The molecule has 4 nitrogen and oxygen atoms in total. The molecule has 0 aromatic heterocycles. The van der Waals surface area contributed by atoms with E-state index in [0.717, 1.165) is 31.8 Å². The van der Waals surface area contributed by atoms with Crippen molar-refractivity contribution in [1.82, 2.24) is 4.90 Å². The van der Waals surface area contributed by atoms with Gasteiger partial charge in [0.2, 0.25) is 0 Å². The monoisotopic (exact) mass is 282 g/mol. The van der Waals surface area contributed by atoms with Crippen LogP contribution in [-0.4, -0.2) is 40.6 Å². The molecule has 0 spiro atoms. The molecule has 2 rings (SSSR count). The highest BCUT2D eigenvalue weighted by molar-refractivity contribution is 5.78. The molecule has 0 aromatic carbocycles. The summed E-state index contributed by atoms with van der Waals surface area (Å²) in [6, 6.07) is 0.366.